The van der Waals surface area contributed by atoms with E-state index in [1.54, 1.807) is 11.3 Å². The van der Waals surface area contributed by atoms with Gasteiger partial charge in [0.2, 0.25) is 0 Å². The first kappa shape index (κ1) is 16.9. The largest absolute Gasteiger partial charge is 0.370 e. The van der Waals surface area contributed by atoms with E-state index >= 15 is 0 Å². The number of anilines is 1. The molecule has 0 saturated carbocycles. The fraction of sp³-hybridized carbons (Fsp3) is 0.444. The van der Waals surface area contributed by atoms with Gasteiger partial charge in [-0.3, -0.25) is 9.89 Å². The number of aryl methyl sites for hydroxylation is 1. The number of para-hydroxylation sites is 1. The molecule has 0 amide bonds. The molecule has 1 fully saturated rings. The molecule has 3 N–H and O–H groups in total. The third-order valence-electron chi connectivity index (χ3n) is 4.33. The Hall–Kier alpha value is -1.92. The first-order valence-electron chi connectivity index (χ1n) is 8.44. The van der Waals surface area contributed by atoms with Crippen LogP contribution in [0.3, 0.4) is 0 Å². The summed E-state index contributed by atoms with van der Waals surface area (Å²) in [5.74, 6) is 1.12. The maximum atomic E-state index is 5.98. The average Bonchev–Trinajstić information content (AvgIpc) is 3.00. The van der Waals surface area contributed by atoms with Crippen LogP contribution in [-0.4, -0.2) is 35.5 Å². The van der Waals surface area contributed by atoms with Gasteiger partial charge in [-0.15, -0.1) is 11.3 Å². The fourth-order valence-corrected chi connectivity index (χ4v) is 3.58. The summed E-state index contributed by atoms with van der Waals surface area (Å²) < 4.78 is 0. The predicted octanol–water partition coefficient (Wildman–Crippen LogP) is 3.09. The number of rotatable bonds is 5. The maximum absolute atomic E-state index is 5.98. The van der Waals surface area contributed by atoms with Gasteiger partial charge in [0.1, 0.15) is 0 Å². The Labute approximate surface area is 147 Å². The summed E-state index contributed by atoms with van der Waals surface area (Å²) in [4.78, 5) is 11.5. The lowest BCUT2D eigenvalue weighted by Crippen LogP contribution is -2.34. The van der Waals surface area contributed by atoms with Gasteiger partial charge in [-0.05, 0) is 50.9 Å². The third kappa shape index (κ3) is 5.04. The molecule has 5 nitrogen and oxygen atoms in total. The molecule has 1 aliphatic rings. The molecule has 0 bridgehead atoms. The van der Waals surface area contributed by atoms with E-state index in [1.165, 1.54) is 18.5 Å². The van der Waals surface area contributed by atoms with Crippen LogP contribution >= 0.6 is 11.3 Å². The number of piperidine rings is 1. The molecule has 1 aromatic carbocycles. The van der Waals surface area contributed by atoms with E-state index in [9.17, 15) is 0 Å². The summed E-state index contributed by atoms with van der Waals surface area (Å²) in [6.45, 7) is 6.06. The zero-order valence-electron chi connectivity index (χ0n) is 14.1. The van der Waals surface area contributed by atoms with Crippen LogP contribution in [0.5, 0.6) is 0 Å². The van der Waals surface area contributed by atoms with Crippen molar-refractivity contribution in [3.63, 3.8) is 0 Å². The molecule has 3 rings (SSSR count). The molecular weight excluding hydrogens is 318 g/mol. The fourth-order valence-electron chi connectivity index (χ4n) is 2.97. The van der Waals surface area contributed by atoms with E-state index in [4.69, 9.17) is 5.73 Å². The summed E-state index contributed by atoms with van der Waals surface area (Å²) in [6, 6.07) is 9.92. The average molecular weight is 344 g/mol. The number of nitrogens with one attached hydrogen (secondary N) is 1. The van der Waals surface area contributed by atoms with Crippen molar-refractivity contribution in [3.8, 4) is 0 Å². The lowest BCUT2D eigenvalue weighted by molar-refractivity contribution is 0.179. The highest BCUT2D eigenvalue weighted by Crippen LogP contribution is 2.20. The SMILES string of the molecule is Cc1nc(CN2CCC(CN=C(N)Nc3ccccc3)CC2)cs1. The Bertz CT molecular complexity index is 659. The number of thiazole rings is 1. The Balaban J connectivity index is 1.41. The van der Waals surface area contributed by atoms with Crippen molar-refractivity contribution < 1.29 is 0 Å². The van der Waals surface area contributed by atoms with Gasteiger partial charge < -0.3 is 11.1 Å². The molecule has 0 unspecified atom stereocenters. The van der Waals surface area contributed by atoms with Crippen LogP contribution < -0.4 is 11.1 Å². The van der Waals surface area contributed by atoms with Gasteiger partial charge in [0.25, 0.3) is 0 Å². The van der Waals surface area contributed by atoms with Crippen molar-refractivity contribution in [1.82, 2.24) is 9.88 Å². The lowest BCUT2D eigenvalue weighted by atomic mass is 9.97. The zero-order valence-corrected chi connectivity index (χ0v) is 14.9. The van der Waals surface area contributed by atoms with Crippen LogP contribution in [0, 0.1) is 12.8 Å². The third-order valence-corrected chi connectivity index (χ3v) is 5.15. The van der Waals surface area contributed by atoms with E-state index in [1.807, 2.05) is 30.3 Å². The summed E-state index contributed by atoms with van der Waals surface area (Å²) >= 11 is 1.73. The summed E-state index contributed by atoms with van der Waals surface area (Å²) in [5.41, 5.74) is 8.15. The van der Waals surface area contributed by atoms with E-state index in [2.05, 4.69) is 32.5 Å². The Morgan fingerprint density at radius 3 is 2.75 bits per heavy atom. The Morgan fingerprint density at radius 2 is 2.08 bits per heavy atom. The second-order valence-corrected chi connectivity index (χ2v) is 7.36. The quantitative estimate of drug-likeness (QED) is 0.647. The van der Waals surface area contributed by atoms with Crippen molar-refractivity contribution in [2.75, 3.05) is 25.0 Å². The summed E-state index contributed by atoms with van der Waals surface area (Å²) in [5, 5.41) is 6.45. The van der Waals surface area contributed by atoms with Crippen LogP contribution in [0.2, 0.25) is 0 Å². The molecule has 1 aliphatic heterocycles. The molecule has 24 heavy (non-hydrogen) atoms. The summed E-state index contributed by atoms with van der Waals surface area (Å²) in [7, 11) is 0. The van der Waals surface area contributed by atoms with Gasteiger partial charge >= 0.3 is 0 Å². The van der Waals surface area contributed by atoms with Crippen LogP contribution in [0.1, 0.15) is 23.5 Å². The second kappa shape index (κ2) is 8.26. The van der Waals surface area contributed by atoms with Crippen molar-refractivity contribution in [3.05, 3.63) is 46.4 Å². The summed E-state index contributed by atoms with van der Waals surface area (Å²) in [6.07, 6.45) is 2.34. The molecule has 128 valence electrons. The number of aromatic nitrogens is 1. The number of guanidine groups is 1. The molecule has 0 aliphatic carbocycles. The van der Waals surface area contributed by atoms with E-state index in [0.29, 0.717) is 11.9 Å². The van der Waals surface area contributed by atoms with Gasteiger partial charge in [0.05, 0.1) is 10.7 Å². The molecule has 2 heterocycles. The Kier molecular flexibility index (Phi) is 5.82. The van der Waals surface area contributed by atoms with Crippen molar-refractivity contribution in [2.24, 2.45) is 16.6 Å². The second-order valence-electron chi connectivity index (χ2n) is 6.29. The number of benzene rings is 1. The minimum Gasteiger partial charge on any atom is -0.370 e. The lowest BCUT2D eigenvalue weighted by Gasteiger charge is -2.30. The van der Waals surface area contributed by atoms with Gasteiger partial charge in [-0.25, -0.2) is 4.98 Å². The highest BCUT2D eigenvalue weighted by molar-refractivity contribution is 7.09. The van der Waals surface area contributed by atoms with Crippen molar-refractivity contribution >= 4 is 23.0 Å². The standard InChI is InChI=1S/C18H25N5S/c1-14-21-17(13-24-14)12-23-9-7-15(8-10-23)11-20-18(19)22-16-5-3-2-4-6-16/h2-6,13,15H,7-12H2,1H3,(H3,19,20,22). The predicted molar refractivity (Wildman–Crippen MR) is 101 cm³/mol. The van der Waals surface area contributed by atoms with E-state index < -0.39 is 0 Å². The van der Waals surface area contributed by atoms with Crippen LogP contribution in [0.4, 0.5) is 5.69 Å². The molecule has 0 spiro atoms. The van der Waals surface area contributed by atoms with Crippen molar-refractivity contribution in [1.29, 1.82) is 0 Å². The number of hydrogen-bond acceptors (Lipinski definition) is 4. The Morgan fingerprint density at radius 1 is 1.33 bits per heavy atom. The molecule has 0 radical (unpaired) electrons. The first-order valence-corrected chi connectivity index (χ1v) is 9.32. The molecule has 2 aromatic rings. The van der Waals surface area contributed by atoms with Gasteiger partial charge in [0, 0.05) is 24.2 Å². The van der Waals surface area contributed by atoms with E-state index in [0.717, 1.165) is 36.9 Å². The number of aliphatic imine (C=N–C) groups is 1. The number of nitrogens with two attached hydrogens (primary N) is 1. The highest BCUT2D eigenvalue weighted by atomic mass is 32.1. The number of likely N-dealkylation sites (tertiary alicyclic amines) is 1. The number of hydrogen-bond donors (Lipinski definition) is 2. The molecule has 6 heteroatoms. The highest BCUT2D eigenvalue weighted by Gasteiger charge is 2.19. The first-order chi connectivity index (χ1) is 11.7. The minimum absolute atomic E-state index is 0.501. The topological polar surface area (TPSA) is 66.5 Å². The molecular formula is C18H25N5S. The van der Waals surface area contributed by atoms with E-state index in [-0.39, 0.29) is 0 Å². The normalized spacial score (nSPS) is 17.1. The monoisotopic (exact) mass is 343 g/mol. The van der Waals surface area contributed by atoms with Gasteiger partial charge in [-0.2, -0.15) is 0 Å². The zero-order chi connectivity index (χ0) is 16.8. The molecule has 0 atom stereocenters. The molecule has 1 aromatic heterocycles. The van der Waals surface area contributed by atoms with Crippen LogP contribution in [-0.2, 0) is 6.54 Å². The smallest absolute Gasteiger partial charge is 0.193 e. The van der Waals surface area contributed by atoms with Crippen molar-refractivity contribution in [2.45, 2.75) is 26.3 Å². The minimum atomic E-state index is 0.501. The van der Waals surface area contributed by atoms with Gasteiger partial charge in [0.15, 0.2) is 5.96 Å². The van der Waals surface area contributed by atoms with Gasteiger partial charge in [-0.1, -0.05) is 18.2 Å². The maximum Gasteiger partial charge on any atom is 0.193 e. The number of nitrogens with zero attached hydrogens (tertiary/aromatic N) is 3. The molecule has 1 saturated heterocycles. The van der Waals surface area contributed by atoms with Crippen LogP contribution in [0.25, 0.3) is 0 Å². The van der Waals surface area contributed by atoms with Crippen LogP contribution in [0.15, 0.2) is 40.7 Å².